The summed E-state index contributed by atoms with van der Waals surface area (Å²) in [6.07, 6.45) is -3.71. The van der Waals surface area contributed by atoms with Crippen LogP contribution < -0.4 is 4.74 Å². The van der Waals surface area contributed by atoms with E-state index in [4.69, 9.17) is 4.74 Å². The zero-order valence-electron chi connectivity index (χ0n) is 18.7. The van der Waals surface area contributed by atoms with Gasteiger partial charge in [0.15, 0.2) is 0 Å². The van der Waals surface area contributed by atoms with E-state index in [-0.39, 0.29) is 23.4 Å². The highest BCUT2D eigenvalue weighted by atomic mass is 32.1. The van der Waals surface area contributed by atoms with Crippen LogP contribution in [0.2, 0.25) is 0 Å². The van der Waals surface area contributed by atoms with E-state index in [2.05, 4.69) is 0 Å². The molecule has 182 valence electrons. The molecule has 35 heavy (non-hydrogen) atoms. The van der Waals surface area contributed by atoms with Crippen molar-refractivity contribution in [2.24, 2.45) is 0 Å². The van der Waals surface area contributed by atoms with Gasteiger partial charge in [-0.3, -0.25) is 9.59 Å². The molecule has 1 saturated heterocycles. The van der Waals surface area contributed by atoms with Crippen molar-refractivity contribution in [2.75, 3.05) is 6.61 Å². The number of carbonyl (C=O) groups excluding carboxylic acids is 2. The number of aliphatic hydroxyl groups excluding tert-OH is 1. The second kappa shape index (κ2) is 9.95. The summed E-state index contributed by atoms with van der Waals surface area (Å²) in [6.45, 7) is 2.28. The van der Waals surface area contributed by atoms with E-state index in [9.17, 15) is 27.9 Å². The Bertz CT molecular complexity index is 1250. The van der Waals surface area contributed by atoms with Crippen molar-refractivity contribution < 1.29 is 32.6 Å². The summed E-state index contributed by atoms with van der Waals surface area (Å²) in [5, 5.41) is 12.8. The minimum atomic E-state index is -4.54. The molecule has 1 N–H and O–H groups in total. The SMILES string of the molecule is CCCOc1ccc(/C(O)=C2/C(=O)C(=O)N(Cc3cccc(C(F)(F)F)c3)C2c2cccs2)cc1. The number of amides is 1. The quantitative estimate of drug-likeness (QED) is 0.239. The first kappa shape index (κ1) is 24.5. The van der Waals surface area contributed by atoms with E-state index < -0.39 is 29.5 Å². The molecule has 0 aliphatic carbocycles. The number of rotatable bonds is 7. The molecule has 1 atom stereocenters. The van der Waals surface area contributed by atoms with E-state index in [0.29, 0.717) is 22.8 Å². The number of aliphatic hydroxyl groups is 1. The molecule has 0 spiro atoms. The molecule has 1 fully saturated rings. The molecule has 2 aromatic carbocycles. The van der Waals surface area contributed by atoms with Gasteiger partial charge in [0.2, 0.25) is 0 Å². The Morgan fingerprint density at radius 2 is 1.83 bits per heavy atom. The first-order valence-corrected chi connectivity index (χ1v) is 11.8. The minimum Gasteiger partial charge on any atom is -0.507 e. The van der Waals surface area contributed by atoms with Gasteiger partial charge in [0.25, 0.3) is 11.7 Å². The van der Waals surface area contributed by atoms with Crippen molar-refractivity contribution in [3.05, 3.63) is 93.2 Å². The van der Waals surface area contributed by atoms with Crippen molar-refractivity contribution in [1.82, 2.24) is 4.90 Å². The highest BCUT2D eigenvalue weighted by molar-refractivity contribution is 7.10. The van der Waals surface area contributed by atoms with Crippen LogP contribution in [0.4, 0.5) is 13.2 Å². The normalized spacial score (nSPS) is 17.7. The van der Waals surface area contributed by atoms with Crippen molar-refractivity contribution >= 4 is 28.8 Å². The summed E-state index contributed by atoms with van der Waals surface area (Å²) < 4.78 is 45.1. The van der Waals surface area contributed by atoms with Gasteiger partial charge in [-0.15, -0.1) is 11.3 Å². The summed E-state index contributed by atoms with van der Waals surface area (Å²) in [4.78, 5) is 27.9. The number of ketones is 1. The van der Waals surface area contributed by atoms with Crippen LogP contribution in [0.5, 0.6) is 5.75 Å². The van der Waals surface area contributed by atoms with Gasteiger partial charge in [-0.2, -0.15) is 13.2 Å². The van der Waals surface area contributed by atoms with Gasteiger partial charge < -0.3 is 14.7 Å². The van der Waals surface area contributed by atoms with Gasteiger partial charge in [0, 0.05) is 17.0 Å². The number of halogens is 3. The van der Waals surface area contributed by atoms with Crippen molar-refractivity contribution in [2.45, 2.75) is 32.1 Å². The number of likely N-dealkylation sites (tertiary alicyclic amines) is 1. The van der Waals surface area contributed by atoms with Crippen molar-refractivity contribution in [3.8, 4) is 5.75 Å². The van der Waals surface area contributed by atoms with E-state index in [1.165, 1.54) is 28.4 Å². The van der Waals surface area contributed by atoms with Crippen LogP contribution in [-0.2, 0) is 22.3 Å². The van der Waals surface area contributed by atoms with Crippen LogP contribution in [0.25, 0.3) is 5.76 Å². The number of hydrogen-bond donors (Lipinski definition) is 1. The fourth-order valence-corrected chi connectivity index (χ4v) is 4.76. The standard InChI is InChI=1S/C26H22F3NO4S/c1-2-12-34-19-10-8-17(9-11-19)23(31)21-22(20-7-4-13-35-20)30(25(33)24(21)32)15-16-5-3-6-18(14-16)26(27,28)29/h3-11,13-14,22,31H,2,12,15H2,1H3/b23-21-. The highest BCUT2D eigenvalue weighted by Gasteiger charge is 2.46. The van der Waals surface area contributed by atoms with Crippen LogP contribution in [-0.4, -0.2) is 28.3 Å². The Kier molecular flexibility index (Phi) is 6.98. The molecule has 0 bridgehead atoms. The maximum absolute atomic E-state index is 13.2. The molecule has 4 rings (SSSR count). The van der Waals surface area contributed by atoms with Gasteiger partial charge in [-0.05, 0) is 59.8 Å². The number of carbonyl (C=O) groups is 2. The molecule has 2 heterocycles. The molecule has 9 heteroatoms. The molecule has 1 aliphatic heterocycles. The van der Waals surface area contributed by atoms with Gasteiger partial charge in [-0.25, -0.2) is 0 Å². The lowest BCUT2D eigenvalue weighted by atomic mass is 9.99. The molecule has 1 unspecified atom stereocenters. The number of Topliss-reactive ketones (excluding diaryl/α,β-unsaturated/α-hetero) is 1. The summed E-state index contributed by atoms with van der Waals surface area (Å²) >= 11 is 1.28. The van der Waals surface area contributed by atoms with Crippen LogP contribution in [0.1, 0.15) is 41.0 Å². The van der Waals surface area contributed by atoms with E-state index in [0.717, 1.165) is 18.6 Å². The largest absolute Gasteiger partial charge is 0.507 e. The summed E-state index contributed by atoms with van der Waals surface area (Å²) in [6, 6.07) is 13.7. The lowest BCUT2D eigenvalue weighted by molar-refractivity contribution is -0.140. The smallest absolute Gasteiger partial charge is 0.416 e. The summed E-state index contributed by atoms with van der Waals surface area (Å²) in [5.74, 6) is -1.53. The third kappa shape index (κ3) is 5.09. The molecular formula is C26H22F3NO4S. The fourth-order valence-electron chi connectivity index (χ4n) is 3.91. The van der Waals surface area contributed by atoms with Gasteiger partial charge in [-0.1, -0.05) is 25.1 Å². The lowest BCUT2D eigenvalue weighted by Gasteiger charge is -2.24. The average Bonchev–Trinajstić information content (AvgIpc) is 3.45. The minimum absolute atomic E-state index is 0.105. The maximum atomic E-state index is 13.2. The third-order valence-electron chi connectivity index (χ3n) is 5.56. The molecule has 1 aromatic heterocycles. The van der Waals surface area contributed by atoms with Crippen molar-refractivity contribution in [1.29, 1.82) is 0 Å². The van der Waals surface area contributed by atoms with Gasteiger partial charge >= 0.3 is 6.18 Å². The summed E-state index contributed by atoms with van der Waals surface area (Å²) in [5.41, 5.74) is -0.399. The lowest BCUT2D eigenvalue weighted by Crippen LogP contribution is -2.29. The number of alkyl halides is 3. The van der Waals surface area contributed by atoms with Crippen LogP contribution in [0.3, 0.4) is 0 Å². The molecular weight excluding hydrogens is 479 g/mol. The molecule has 3 aromatic rings. The van der Waals surface area contributed by atoms with Crippen LogP contribution in [0.15, 0.2) is 71.6 Å². The Morgan fingerprint density at radius 1 is 1.09 bits per heavy atom. The van der Waals surface area contributed by atoms with E-state index >= 15 is 0 Å². The highest BCUT2D eigenvalue weighted by Crippen LogP contribution is 2.42. The molecule has 0 saturated carbocycles. The Balaban J connectivity index is 1.73. The number of nitrogens with zero attached hydrogens (tertiary/aromatic N) is 1. The Hall–Kier alpha value is -3.59. The molecule has 1 aliphatic rings. The second-order valence-corrected chi connectivity index (χ2v) is 8.99. The Morgan fingerprint density at radius 3 is 2.46 bits per heavy atom. The average molecular weight is 502 g/mol. The monoisotopic (exact) mass is 501 g/mol. The van der Waals surface area contributed by atoms with Crippen LogP contribution in [0, 0.1) is 0 Å². The van der Waals surface area contributed by atoms with E-state index in [1.807, 2.05) is 6.92 Å². The van der Waals surface area contributed by atoms with Gasteiger partial charge in [0.1, 0.15) is 11.5 Å². The summed E-state index contributed by atoms with van der Waals surface area (Å²) in [7, 11) is 0. The first-order valence-electron chi connectivity index (χ1n) is 10.9. The Labute approximate surface area is 204 Å². The maximum Gasteiger partial charge on any atom is 0.416 e. The van der Waals surface area contributed by atoms with E-state index in [1.54, 1.807) is 41.8 Å². The molecule has 1 amide bonds. The van der Waals surface area contributed by atoms with Gasteiger partial charge in [0.05, 0.1) is 23.8 Å². The predicted molar refractivity (Wildman–Crippen MR) is 126 cm³/mol. The molecule has 5 nitrogen and oxygen atoms in total. The molecule has 0 radical (unpaired) electrons. The second-order valence-electron chi connectivity index (χ2n) is 8.01. The fraction of sp³-hybridized carbons (Fsp3) is 0.231. The zero-order chi connectivity index (χ0) is 25.2. The first-order chi connectivity index (χ1) is 16.7. The number of benzene rings is 2. The number of thiophene rings is 1. The number of hydrogen-bond acceptors (Lipinski definition) is 5. The predicted octanol–water partition coefficient (Wildman–Crippen LogP) is 6.18. The zero-order valence-corrected chi connectivity index (χ0v) is 19.5. The topological polar surface area (TPSA) is 66.8 Å². The number of ether oxygens (including phenoxy) is 1. The third-order valence-corrected chi connectivity index (χ3v) is 6.49. The van der Waals surface area contributed by atoms with Crippen LogP contribution >= 0.6 is 11.3 Å². The van der Waals surface area contributed by atoms with Crippen molar-refractivity contribution in [3.63, 3.8) is 0 Å².